The van der Waals surface area contributed by atoms with E-state index in [1.165, 1.54) is 4.90 Å². The molecule has 7 heteroatoms. The zero-order valence-corrected chi connectivity index (χ0v) is 14.9. The zero-order valence-electron chi connectivity index (χ0n) is 14.9. The first-order valence-electron chi connectivity index (χ1n) is 9.23. The van der Waals surface area contributed by atoms with Crippen molar-refractivity contribution in [3.63, 3.8) is 0 Å². The largest absolute Gasteiger partial charge is 0.339 e. The van der Waals surface area contributed by atoms with Crippen molar-refractivity contribution in [3.05, 3.63) is 29.6 Å². The van der Waals surface area contributed by atoms with Gasteiger partial charge in [-0.25, -0.2) is 8.78 Å². The van der Waals surface area contributed by atoms with Gasteiger partial charge in [-0.2, -0.15) is 0 Å². The summed E-state index contributed by atoms with van der Waals surface area (Å²) in [4.78, 5) is 32.7. The fraction of sp³-hybridized carbons (Fsp3) is 0.632. The number of amides is 2. The number of nitrogens with zero attached hydrogens (tertiary/aromatic N) is 3. The standard InChI is InChI=1S/C19H23F2N3O2/c1-13-4-3-7-22-14(13)12-16(25)23-8-10-24(11-9-23)17(26)18-6-2-5-15(18)19(18,20)21/h3-4,7,15H,2,5-6,8-12H2,1H3. The number of hydrogen-bond donors (Lipinski definition) is 0. The minimum absolute atomic E-state index is 0.0347. The molecule has 0 bridgehead atoms. The lowest BCUT2D eigenvalue weighted by molar-refractivity contribution is -0.146. The van der Waals surface area contributed by atoms with Crippen molar-refractivity contribution >= 4 is 11.8 Å². The lowest BCUT2D eigenvalue weighted by atomic mass is 10.0. The van der Waals surface area contributed by atoms with E-state index in [4.69, 9.17) is 0 Å². The van der Waals surface area contributed by atoms with Crippen LogP contribution in [0, 0.1) is 18.3 Å². The second kappa shape index (κ2) is 5.99. The Bertz CT molecular complexity index is 746. The van der Waals surface area contributed by atoms with Crippen molar-refractivity contribution in [3.8, 4) is 0 Å². The van der Waals surface area contributed by atoms with Crippen LogP contribution in [-0.4, -0.2) is 58.7 Å². The monoisotopic (exact) mass is 363 g/mol. The SMILES string of the molecule is Cc1cccnc1CC(=O)N1CCN(C(=O)C23CCCC2C3(F)F)CC1. The number of pyridine rings is 1. The summed E-state index contributed by atoms with van der Waals surface area (Å²) in [7, 11) is 0. The van der Waals surface area contributed by atoms with Crippen molar-refractivity contribution in [1.82, 2.24) is 14.8 Å². The van der Waals surface area contributed by atoms with Crippen molar-refractivity contribution in [2.75, 3.05) is 26.2 Å². The Morgan fingerprint density at radius 3 is 2.54 bits per heavy atom. The zero-order chi connectivity index (χ0) is 18.5. The smallest absolute Gasteiger partial charge is 0.266 e. The molecule has 3 aliphatic rings. The van der Waals surface area contributed by atoms with Gasteiger partial charge < -0.3 is 9.80 Å². The quantitative estimate of drug-likeness (QED) is 0.826. The topological polar surface area (TPSA) is 53.5 Å². The second-order valence-corrected chi connectivity index (χ2v) is 7.66. The van der Waals surface area contributed by atoms with Crippen molar-refractivity contribution in [2.24, 2.45) is 11.3 Å². The van der Waals surface area contributed by atoms with Crippen molar-refractivity contribution < 1.29 is 18.4 Å². The van der Waals surface area contributed by atoms with Crippen LogP contribution in [0.5, 0.6) is 0 Å². The third-order valence-corrected chi connectivity index (χ3v) is 6.35. The van der Waals surface area contributed by atoms with Gasteiger partial charge in [0.15, 0.2) is 0 Å². The highest BCUT2D eigenvalue weighted by Gasteiger charge is 2.85. The molecule has 0 N–H and O–H groups in total. The number of alkyl halides is 2. The van der Waals surface area contributed by atoms with E-state index in [9.17, 15) is 18.4 Å². The molecule has 0 spiro atoms. The molecule has 0 radical (unpaired) electrons. The van der Waals surface area contributed by atoms with Gasteiger partial charge in [-0.3, -0.25) is 14.6 Å². The van der Waals surface area contributed by atoms with Gasteiger partial charge in [-0.1, -0.05) is 12.5 Å². The van der Waals surface area contributed by atoms with Gasteiger partial charge in [0.2, 0.25) is 11.8 Å². The molecule has 1 aromatic rings. The number of carbonyl (C=O) groups is 2. The molecular weight excluding hydrogens is 340 g/mol. The van der Waals surface area contributed by atoms with E-state index in [0.29, 0.717) is 45.4 Å². The van der Waals surface area contributed by atoms with E-state index in [0.717, 1.165) is 11.3 Å². The Hall–Kier alpha value is -2.05. The normalized spacial score (nSPS) is 29.4. The summed E-state index contributed by atoms with van der Waals surface area (Å²) in [6.07, 6.45) is 3.33. The first-order chi connectivity index (χ1) is 12.4. The first-order valence-corrected chi connectivity index (χ1v) is 9.23. The third-order valence-electron chi connectivity index (χ3n) is 6.35. The summed E-state index contributed by atoms with van der Waals surface area (Å²) in [5.41, 5.74) is 0.280. The number of fused-ring (bicyclic) bond motifs is 1. The number of rotatable bonds is 3. The number of aromatic nitrogens is 1. The van der Waals surface area contributed by atoms with E-state index >= 15 is 0 Å². The highest BCUT2D eigenvalue weighted by Crippen LogP contribution is 2.74. The number of carbonyl (C=O) groups excluding carboxylic acids is 2. The van der Waals surface area contributed by atoms with Gasteiger partial charge in [0.25, 0.3) is 5.92 Å². The van der Waals surface area contributed by atoms with Gasteiger partial charge in [-0.05, 0) is 31.4 Å². The highest BCUT2D eigenvalue weighted by atomic mass is 19.3. The van der Waals surface area contributed by atoms with Crippen LogP contribution in [0.15, 0.2) is 18.3 Å². The van der Waals surface area contributed by atoms with Gasteiger partial charge in [-0.15, -0.1) is 0 Å². The first kappa shape index (κ1) is 17.4. The molecule has 2 unspecified atom stereocenters. The molecule has 2 saturated carbocycles. The molecule has 2 amide bonds. The Morgan fingerprint density at radius 1 is 1.23 bits per heavy atom. The van der Waals surface area contributed by atoms with Gasteiger partial charge in [0.1, 0.15) is 5.41 Å². The summed E-state index contributed by atoms with van der Waals surface area (Å²) < 4.78 is 28.1. The molecule has 2 atom stereocenters. The van der Waals surface area contributed by atoms with Crippen LogP contribution in [0.1, 0.15) is 30.5 Å². The molecule has 26 heavy (non-hydrogen) atoms. The fourth-order valence-corrected chi connectivity index (χ4v) is 4.68. The number of piperazine rings is 1. The van der Waals surface area contributed by atoms with Crippen LogP contribution in [0.2, 0.25) is 0 Å². The van der Waals surface area contributed by atoms with Crippen LogP contribution < -0.4 is 0 Å². The lowest BCUT2D eigenvalue weighted by Gasteiger charge is -2.36. The molecule has 2 heterocycles. The third kappa shape index (κ3) is 2.43. The number of halogens is 2. The molecule has 1 aromatic heterocycles. The molecule has 3 fully saturated rings. The minimum Gasteiger partial charge on any atom is -0.339 e. The molecule has 2 aliphatic carbocycles. The highest BCUT2D eigenvalue weighted by molar-refractivity contribution is 5.89. The van der Waals surface area contributed by atoms with Crippen LogP contribution in [0.4, 0.5) is 8.78 Å². The Labute approximate surface area is 151 Å². The summed E-state index contributed by atoms with van der Waals surface area (Å²) in [5, 5.41) is 0. The molecule has 1 aliphatic heterocycles. The van der Waals surface area contributed by atoms with Crippen molar-refractivity contribution in [2.45, 2.75) is 38.5 Å². The molecule has 4 rings (SSSR count). The minimum atomic E-state index is -2.84. The molecular formula is C19H23F2N3O2. The lowest BCUT2D eigenvalue weighted by Crippen LogP contribution is -2.53. The van der Waals surface area contributed by atoms with Gasteiger partial charge in [0, 0.05) is 38.3 Å². The predicted octanol–water partition coefficient (Wildman–Crippen LogP) is 2.04. The number of hydrogen-bond acceptors (Lipinski definition) is 3. The van der Waals surface area contributed by atoms with Gasteiger partial charge in [0.05, 0.1) is 12.1 Å². The molecule has 1 saturated heterocycles. The average Bonchev–Trinajstić information content (AvgIpc) is 2.97. The van der Waals surface area contributed by atoms with E-state index in [-0.39, 0.29) is 12.3 Å². The Balaban J connectivity index is 1.35. The number of aryl methyl sites for hydroxylation is 1. The van der Waals surface area contributed by atoms with Crippen LogP contribution >= 0.6 is 0 Å². The van der Waals surface area contributed by atoms with Gasteiger partial charge >= 0.3 is 0 Å². The van der Waals surface area contributed by atoms with E-state index in [1.807, 2.05) is 19.1 Å². The average molecular weight is 363 g/mol. The maximum Gasteiger partial charge on any atom is 0.266 e. The fourth-order valence-electron chi connectivity index (χ4n) is 4.68. The van der Waals surface area contributed by atoms with Crippen LogP contribution in [0.3, 0.4) is 0 Å². The maximum atomic E-state index is 14.1. The summed E-state index contributed by atoms with van der Waals surface area (Å²) >= 11 is 0. The predicted molar refractivity (Wildman–Crippen MR) is 90.6 cm³/mol. The second-order valence-electron chi connectivity index (χ2n) is 7.66. The van der Waals surface area contributed by atoms with Crippen molar-refractivity contribution in [1.29, 1.82) is 0 Å². The molecule has 5 nitrogen and oxygen atoms in total. The summed E-state index contributed by atoms with van der Waals surface area (Å²) in [6.45, 7) is 3.36. The van der Waals surface area contributed by atoms with Crippen LogP contribution in [-0.2, 0) is 16.0 Å². The summed E-state index contributed by atoms with van der Waals surface area (Å²) in [6, 6.07) is 3.75. The molecule has 0 aromatic carbocycles. The summed E-state index contributed by atoms with van der Waals surface area (Å²) in [5.74, 6) is -4.05. The van der Waals surface area contributed by atoms with E-state index in [1.54, 1.807) is 11.1 Å². The Kier molecular flexibility index (Phi) is 4.00. The molecule has 140 valence electrons. The van der Waals surface area contributed by atoms with E-state index in [2.05, 4.69) is 4.98 Å². The van der Waals surface area contributed by atoms with E-state index < -0.39 is 23.2 Å². The maximum absolute atomic E-state index is 14.1. The Morgan fingerprint density at radius 2 is 1.92 bits per heavy atom. The van der Waals surface area contributed by atoms with Crippen LogP contribution in [0.25, 0.3) is 0 Å².